The van der Waals surface area contributed by atoms with Gasteiger partial charge >= 0.3 is 29.6 Å². The van der Waals surface area contributed by atoms with Crippen LogP contribution in [0.15, 0.2) is 5.28 Å². The normalized spacial score (nSPS) is 10.5. The van der Waals surface area contributed by atoms with Crippen molar-refractivity contribution in [3.8, 4) is 0 Å². The number of aliphatic hydroxyl groups is 1. The van der Waals surface area contributed by atoms with E-state index >= 15 is 0 Å². The summed E-state index contributed by atoms with van der Waals surface area (Å²) < 4.78 is 0. The molecule has 0 aromatic rings. The van der Waals surface area contributed by atoms with Gasteiger partial charge in [-0.2, -0.15) is 0 Å². The molecule has 0 radical (unpaired) electrons. The predicted octanol–water partition coefficient (Wildman–Crippen LogP) is -3.32. The Morgan fingerprint density at radius 1 is 1.73 bits per heavy atom. The molecule has 0 saturated heterocycles. The van der Waals surface area contributed by atoms with Gasteiger partial charge in [0, 0.05) is 6.61 Å². The molecule has 0 aromatic heterocycles. The van der Waals surface area contributed by atoms with Gasteiger partial charge in [0.1, 0.15) is 0 Å². The van der Waals surface area contributed by atoms with Crippen molar-refractivity contribution in [2.45, 2.75) is 6.42 Å². The van der Waals surface area contributed by atoms with Crippen molar-refractivity contribution >= 4 is 0 Å². The molecule has 0 aliphatic heterocycles. The average Bonchev–Trinajstić information content (AvgIpc) is 1.98. The molecule has 2 N–H and O–H groups in total. The predicted molar refractivity (Wildman–Crippen MR) is 33.3 cm³/mol. The Kier molecular flexibility index (Phi) is 9.92. The van der Waals surface area contributed by atoms with Gasteiger partial charge < -0.3 is 16.9 Å². The maximum Gasteiger partial charge on any atom is 1.00 e. The molecule has 62 valence electrons. The monoisotopic (exact) mass is 173 g/mol. The Bertz CT molecular complexity index is 126. The summed E-state index contributed by atoms with van der Waals surface area (Å²) in [6.07, 6.45) is 0.477. The molecule has 0 aliphatic rings. The van der Waals surface area contributed by atoms with Crippen LogP contribution in [0.1, 0.15) is 7.85 Å². The van der Waals surface area contributed by atoms with E-state index in [9.17, 15) is 5.21 Å². The Morgan fingerprint density at radius 3 is 2.64 bits per heavy atom. The van der Waals surface area contributed by atoms with Crippen LogP contribution in [0.4, 0.5) is 0 Å². The summed E-state index contributed by atoms with van der Waals surface area (Å²) in [7, 11) is 1.46. The Balaban J connectivity index is -0.000000405. The zero-order valence-electron chi connectivity index (χ0n) is 7.77. The molecule has 0 aliphatic carbocycles. The zero-order chi connectivity index (χ0) is 7.98. The molecule has 0 atom stereocenters. The summed E-state index contributed by atoms with van der Waals surface area (Å²) in [4.78, 5) is 0.0513. The molecule has 6 nitrogen and oxygen atoms in total. The van der Waals surface area contributed by atoms with E-state index in [2.05, 4.69) is 5.28 Å². The van der Waals surface area contributed by atoms with Crippen molar-refractivity contribution < 1.29 is 46.3 Å². The Hall–Kier alpha value is -0.0400. The fraction of sp³-hybridized carbons (Fsp3) is 1.00. The quantitative estimate of drug-likeness (QED) is 0.202. The minimum absolute atomic E-state index is 0. The molecule has 0 unspecified atom stereocenters. The maximum absolute atomic E-state index is 10.4. The molecule has 0 bridgehead atoms. The SMILES string of the molecule is CN(CCCO)/[N+]([O-])=N\O.[H-].[Na+]. The van der Waals surface area contributed by atoms with Crippen molar-refractivity contribution in [3.63, 3.8) is 0 Å². The number of hydrogen-bond donors (Lipinski definition) is 2. The van der Waals surface area contributed by atoms with Crippen molar-refractivity contribution in [3.05, 3.63) is 5.21 Å². The number of rotatable bonds is 4. The topological polar surface area (TPSA) is 82.1 Å². The van der Waals surface area contributed by atoms with Crippen LogP contribution in [0.25, 0.3) is 0 Å². The van der Waals surface area contributed by atoms with Crippen molar-refractivity contribution in [2.75, 3.05) is 20.2 Å². The first-order chi connectivity index (χ1) is 4.72. The Labute approximate surface area is 88.4 Å². The summed E-state index contributed by atoms with van der Waals surface area (Å²) in [6.45, 7) is 0.383. The van der Waals surface area contributed by atoms with E-state index in [4.69, 9.17) is 10.3 Å². The summed E-state index contributed by atoms with van der Waals surface area (Å²) >= 11 is 0. The molecule has 7 heteroatoms. The molecule has 0 rings (SSSR count). The molecule has 0 saturated carbocycles. The van der Waals surface area contributed by atoms with Gasteiger partial charge in [-0.3, -0.25) is 0 Å². The van der Waals surface area contributed by atoms with E-state index in [1.54, 1.807) is 0 Å². The van der Waals surface area contributed by atoms with E-state index < -0.39 is 0 Å². The second kappa shape index (κ2) is 8.06. The van der Waals surface area contributed by atoms with Crippen LogP contribution in [0.3, 0.4) is 0 Å². The first-order valence-electron chi connectivity index (χ1n) is 2.86. The first-order valence-corrected chi connectivity index (χ1v) is 2.86. The van der Waals surface area contributed by atoms with Crippen LogP contribution >= 0.6 is 0 Å². The molecule has 0 spiro atoms. The fourth-order valence-corrected chi connectivity index (χ4v) is 0.453. The number of hydrazine groups is 1. The van der Waals surface area contributed by atoms with Crippen LogP contribution in [0.5, 0.6) is 0 Å². The molecule has 11 heavy (non-hydrogen) atoms. The van der Waals surface area contributed by atoms with E-state index in [0.29, 0.717) is 13.0 Å². The van der Waals surface area contributed by atoms with E-state index in [0.717, 1.165) is 5.01 Å². The maximum atomic E-state index is 10.4. The van der Waals surface area contributed by atoms with Crippen LogP contribution < -0.4 is 29.6 Å². The third kappa shape index (κ3) is 6.36. The third-order valence-electron chi connectivity index (χ3n) is 1.01. The fourth-order valence-electron chi connectivity index (χ4n) is 0.453. The molecular weight excluding hydrogens is 161 g/mol. The molecule has 0 fully saturated rings. The Morgan fingerprint density at radius 2 is 2.27 bits per heavy atom. The van der Waals surface area contributed by atoms with E-state index in [1.165, 1.54) is 7.05 Å². The van der Waals surface area contributed by atoms with Crippen molar-refractivity contribution in [1.29, 1.82) is 0 Å². The van der Waals surface area contributed by atoms with Gasteiger partial charge in [0.05, 0.1) is 18.6 Å². The minimum atomic E-state index is 0. The standard InChI is InChI=1S/C4H11N3O3.Na.H/c1-6(3-2-4-8)7(10)5-9;;/h8-9H,2-4H2,1H3;;/q;+1;-1/b7-5+;;. The van der Waals surface area contributed by atoms with Crippen LogP contribution in [0.2, 0.25) is 0 Å². The van der Waals surface area contributed by atoms with Crippen LogP contribution in [-0.2, 0) is 0 Å². The molecule has 0 heterocycles. The van der Waals surface area contributed by atoms with Gasteiger partial charge in [-0.1, -0.05) is 0 Å². The van der Waals surface area contributed by atoms with Crippen molar-refractivity contribution in [2.24, 2.45) is 5.28 Å². The number of aliphatic hydroxyl groups excluding tert-OH is 1. The summed E-state index contributed by atoms with van der Waals surface area (Å²) in [5.41, 5.74) is 0. The number of hydrogen-bond acceptors (Lipinski definition) is 3. The largest absolute Gasteiger partial charge is 1.00 e. The van der Waals surface area contributed by atoms with E-state index in [1.807, 2.05) is 0 Å². The third-order valence-corrected chi connectivity index (χ3v) is 1.01. The van der Waals surface area contributed by atoms with E-state index in [-0.39, 0.29) is 42.6 Å². The van der Waals surface area contributed by atoms with Crippen LogP contribution in [0, 0.1) is 5.21 Å². The summed E-state index contributed by atoms with van der Waals surface area (Å²) in [5, 5.41) is 30.1. The van der Waals surface area contributed by atoms with Crippen LogP contribution in [-0.4, -0.2) is 40.5 Å². The molecule has 0 aromatic carbocycles. The van der Waals surface area contributed by atoms with Gasteiger partial charge in [0.25, 0.3) is 0 Å². The first kappa shape index (κ1) is 13.5. The second-order valence-electron chi connectivity index (χ2n) is 1.80. The van der Waals surface area contributed by atoms with Gasteiger partial charge in [-0.05, 0) is 6.42 Å². The summed E-state index contributed by atoms with van der Waals surface area (Å²) in [6, 6.07) is 0. The molecule has 0 amide bonds. The smallest absolute Gasteiger partial charge is 1.00 e. The van der Waals surface area contributed by atoms with Crippen molar-refractivity contribution in [1.82, 2.24) is 5.01 Å². The number of nitrogens with zero attached hydrogens (tertiary/aromatic N) is 3. The van der Waals surface area contributed by atoms with Gasteiger partial charge in [0.15, 0.2) is 0 Å². The zero-order valence-corrected chi connectivity index (χ0v) is 8.77. The summed E-state index contributed by atoms with van der Waals surface area (Å²) in [5.74, 6) is 0. The van der Waals surface area contributed by atoms with Gasteiger partial charge in [-0.25, -0.2) is 0 Å². The van der Waals surface area contributed by atoms with Gasteiger partial charge in [-0.15, -0.1) is 5.01 Å². The minimum Gasteiger partial charge on any atom is -1.00 e. The van der Waals surface area contributed by atoms with Gasteiger partial charge in [0.2, 0.25) is 5.28 Å². The average molecular weight is 173 g/mol. The second-order valence-corrected chi connectivity index (χ2v) is 1.80. The molecular formula is C4H12N3NaO3.